The summed E-state index contributed by atoms with van der Waals surface area (Å²) in [6.07, 6.45) is 0. The van der Waals surface area contributed by atoms with E-state index in [0.29, 0.717) is 22.3 Å². The first kappa shape index (κ1) is 19.0. The summed E-state index contributed by atoms with van der Waals surface area (Å²) in [6.45, 7) is -0.0610. The molecule has 8 heteroatoms. The molecule has 0 atom stereocenters. The molecule has 0 aromatic heterocycles. The van der Waals surface area contributed by atoms with Crippen molar-refractivity contribution in [2.24, 2.45) is 10.2 Å². The van der Waals surface area contributed by atoms with Crippen molar-refractivity contribution in [2.75, 3.05) is 0 Å². The average molecular weight is 396 g/mol. The Hall–Kier alpha value is -4.38. The van der Waals surface area contributed by atoms with Crippen LogP contribution in [0.15, 0.2) is 70.9 Å². The lowest BCUT2D eigenvalue weighted by Gasteiger charge is -2.18. The molecule has 0 fully saturated rings. The Balaban J connectivity index is 2.16. The normalized spacial score (nSPS) is 10.5. The number of nitrogens with zero attached hydrogens (tertiary/aromatic N) is 6. The fourth-order valence-electron chi connectivity index (χ4n) is 3.75. The molecule has 30 heavy (non-hydrogen) atoms. The number of rotatable bonds is 5. The van der Waals surface area contributed by atoms with E-state index < -0.39 is 0 Å². The van der Waals surface area contributed by atoms with Gasteiger partial charge in [0.25, 0.3) is 0 Å². The van der Waals surface area contributed by atoms with Crippen molar-refractivity contribution in [1.29, 1.82) is 0 Å². The Morgan fingerprint density at radius 2 is 1.07 bits per heavy atom. The summed E-state index contributed by atoms with van der Waals surface area (Å²) in [5.41, 5.74) is 19.2. The minimum Gasteiger partial charge on any atom is -0.507 e. The summed E-state index contributed by atoms with van der Waals surface area (Å²) in [4.78, 5) is 5.58. The van der Waals surface area contributed by atoms with Crippen LogP contribution in [-0.2, 0) is 13.1 Å². The third kappa shape index (κ3) is 3.18. The molecular weight excluding hydrogens is 380 g/mol. The molecule has 4 aromatic carbocycles. The maximum atomic E-state index is 11.1. The zero-order valence-electron chi connectivity index (χ0n) is 15.8. The summed E-state index contributed by atoms with van der Waals surface area (Å²) in [7, 11) is 0. The first-order valence-corrected chi connectivity index (χ1v) is 9.15. The molecule has 4 aromatic rings. The molecule has 0 radical (unpaired) electrons. The number of hydrogen-bond acceptors (Lipinski definition) is 4. The number of azide groups is 2. The molecule has 2 N–H and O–H groups in total. The second-order valence-electron chi connectivity index (χ2n) is 6.74. The molecule has 0 bridgehead atoms. The van der Waals surface area contributed by atoms with Crippen LogP contribution in [-0.4, -0.2) is 10.2 Å². The highest BCUT2D eigenvalue weighted by Gasteiger charge is 2.21. The Morgan fingerprint density at radius 3 is 1.47 bits per heavy atom. The maximum absolute atomic E-state index is 11.1. The highest BCUT2D eigenvalue weighted by Crippen LogP contribution is 2.47. The van der Waals surface area contributed by atoms with Gasteiger partial charge in [0, 0.05) is 32.1 Å². The molecular formula is C22H16N6O2. The van der Waals surface area contributed by atoms with Crippen molar-refractivity contribution in [3.05, 3.63) is 92.7 Å². The highest BCUT2D eigenvalue weighted by atomic mass is 16.3. The Bertz CT molecular complexity index is 1280. The standard InChI is InChI=1S/C22H16N6O2/c23-27-25-11-15-9-13-5-1-3-7-17(13)19(21(15)29)20-18-8-4-2-6-14(18)10-16(22(20)30)12-26-28-24/h1-10,29-30H,11-12H2. The molecule has 0 heterocycles. The molecule has 0 amide bonds. The lowest BCUT2D eigenvalue weighted by atomic mass is 9.89. The number of phenolic OH excluding ortho intramolecular Hbond substituents is 2. The van der Waals surface area contributed by atoms with E-state index in [9.17, 15) is 10.2 Å². The average Bonchev–Trinajstić information content (AvgIpc) is 2.77. The molecule has 0 aliphatic rings. The zero-order chi connectivity index (χ0) is 21.1. The van der Waals surface area contributed by atoms with Gasteiger partial charge in [-0.25, -0.2) is 0 Å². The van der Waals surface area contributed by atoms with Gasteiger partial charge in [0.05, 0.1) is 13.1 Å². The van der Waals surface area contributed by atoms with Crippen LogP contribution in [0.5, 0.6) is 11.5 Å². The van der Waals surface area contributed by atoms with Gasteiger partial charge in [-0.1, -0.05) is 58.8 Å². The second-order valence-corrected chi connectivity index (χ2v) is 6.74. The Kier molecular flexibility index (Phi) is 5.01. The van der Waals surface area contributed by atoms with E-state index in [1.165, 1.54) is 0 Å². The summed E-state index contributed by atoms with van der Waals surface area (Å²) < 4.78 is 0. The Morgan fingerprint density at radius 1 is 0.667 bits per heavy atom. The van der Waals surface area contributed by atoms with Crippen molar-refractivity contribution < 1.29 is 10.2 Å². The third-order valence-corrected chi connectivity index (χ3v) is 5.06. The molecule has 0 saturated carbocycles. The van der Waals surface area contributed by atoms with Gasteiger partial charge in [0.2, 0.25) is 0 Å². The zero-order valence-corrected chi connectivity index (χ0v) is 15.8. The molecule has 4 rings (SSSR count). The van der Waals surface area contributed by atoms with Gasteiger partial charge < -0.3 is 10.2 Å². The fraction of sp³-hybridized carbons (Fsp3) is 0.0909. The first-order chi connectivity index (χ1) is 14.7. The molecule has 0 spiro atoms. The smallest absolute Gasteiger partial charge is 0.127 e. The molecule has 8 nitrogen and oxygen atoms in total. The van der Waals surface area contributed by atoms with Gasteiger partial charge >= 0.3 is 0 Å². The van der Waals surface area contributed by atoms with E-state index in [1.54, 1.807) is 12.1 Å². The summed E-state index contributed by atoms with van der Waals surface area (Å²) in [6, 6.07) is 18.5. The summed E-state index contributed by atoms with van der Waals surface area (Å²) >= 11 is 0. The van der Waals surface area contributed by atoms with Crippen LogP contribution in [0.1, 0.15) is 11.1 Å². The highest BCUT2D eigenvalue weighted by molar-refractivity contribution is 6.10. The van der Waals surface area contributed by atoms with E-state index in [-0.39, 0.29) is 24.6 Å². The van der Waals surface area contributed by atoms with Gasteiger partial charge in [-0.05, 0) is 44.7 Å². The monoisotopic (exact) mass is 396 g/mol. The summed E-state index contributed by atoms with van der Waals surface area (Å²) in [5, 5.41) is 32.6. The molecule has 0 aliphatic carbocycles. The van der Waals surface area contributed by atoms with Gasteiger partial charge in [-0.15, -0.1) is 0 Å². The van der Waals surface area contributed by atoms with Crippen molar-refractivity contribution >= 4 is 21.5 Å². The van der Waals surface area contributed by atoms with Crippen molar-refractivity contribution in [3.63, 3.8) is 0 Å². The summed E-state index contributed by atoms with van der Waals surface area (Å²) in [5.74, 6) is -0.134. The molecule has 0 aliphatic heterocycles. The van der Waals surface area contributed by atoms with Gasteiger partial charge in [0.1, 0.15) is 11.5 Å². The second kappa shape index (κ2) is 7.93. The predicted octanol–water partition coefficient (Wildman–Crippen LogP) is 6.69. The lowest BCUT2D eigenvalue weighted by molar-refractivity contribution is 0.463. The number of hydrogen-bond donors (Lipinski definition) is 2. The Labute approximate surface area is 170 Å². The predicted molar refractivity (Wildman–Crippen MR) is 116 cm³/mol. The van der Waals surface area contributed by atoms with E-state index >= 15 is 0 Å². The first-order valence-electron chi connectivity index (χ1n) is 9.15. The number of benzene rings is 4. The van der Waals surface area contributed by atoms with E-state index in [2.05, 4.69) is 20.1 Å². The van der Waals surface area contributed by atoms with Gasteiger partial charge in [-0.2, -0.15) is 0 Å². The van der Waals surface area contributed by atoms with Crippen molar-refractivity contribution in [1.82, 2.24) is 0 Å². The number of phenols is 2. The topological polar surface area (TPSA) is 138 Å². The third-order valence-electron chi connectivity index (χ3n) is 5.06. The van der Waals surface area contributed by atoms with Crippen LogP contribution in [0.2, 0.25) is 0 Å². The minimum absolute atomic E-state index is 0.0305. The van der Waals surface area contributed by atoms with Crippen molar-refractivity contribution in [3.8, 4) is 22.6 Å². The quantitative estimate of drug-likeness (QED) is 0.220. The molecule has 0 saturated heterocycles. The van der Waals surface area contributed by atoms with Crippen LogP contribution in [0.25, 0.3) is 53.6 Å². The van der Waals surface area contributed by atoms with Gasteiger partial charge in [-0.3, -0.25) is 0 Å². The number of aromatic hydroxyl groups is 2. The van der Waals surface area contributed by atoms with E-state index in [4.69, 9.17) is 11.1 Å². The van der Waals surface area contributed by atoms with Gasteiger partial charge in [0.15, 0.2) is 0 Å². The minimum atomic E-state index is -0.0671. The van der Waals surface area contributed by atoms with Crippen LogP contribution in [0.4, 0.5) is 0 Å². The number of fused-ring (bicyclic) bond motifs is 2. The van der Waals surface area contributed by atoms with E-state index in [0.717, 1.165) is 21.5 Å². The SMILES string of the molecule is [N-]=[N+]=NCc1cc2ccccc2c(-c2c(O)c(CN=[N+]=[N-])cc3ccccc23)c1O. The van der Waals surface area contributed by atoms with E-state index in [1.807, 2.05) is 48.5 Å². The molecule has 146 valence electrons. The van der Waals surface area contributed by atoms with Crippen LogP contribution in [0, 0.1) is 0 Å². The lowest BCUT2D eigenvalue weighted by Crippen LogP contribution is -1.94. The van der Waals surface area contributed by atoms with Crippen LogP contribution in [0.3, 0.4) is 0 Å². The fourth-order valence-corrected chi connectivity index (χ4v) is 3.75. The maximum Gasteiger partial charge on any atom is 0.127 e. The van der Waals surface area contributed by atoms with Crippen LogP contribution < -0.4 is 0 Å². The van der Waals surface area contributed by atoms with Crippen molar-refractivity contribution in [2.45, 2.75) is 13.1 Å². The molecule has 0 unspecified atom stereocenters. The van der Waals surface area contributed by atoms with Crippen LogP contribution >= 0.6 is 0 Å². The largest absolute Gasteiger partial charge is 0.507 e.